The Morgan fingerprint density at radius 3 is 1.93 bits per heavy atom. The highest BCUT2D eigenvalue weighted by molar-refractivity contribution is 8.13. The van der Waals surface area contributed by atoms with Crippen LogP contribution in [0.25, 0.3) is 11.1 Å². The summed E-state index contributed by atoms with van der Waals surface area (Å²) in [5.74, 6) is -0.0474. The maximum atomic E-state index is 13.6. The van der Waals surface area contributed by atoms with Gasteiger partial charge in [0, 0.05) is 12.3 Å². The van der Waals surface area contributed by atoms with E-state index in [1.54, 1.807) is 0 Å². The Balaban J connectivity index is 1.30. The molecule has 214 valence electrons. The fourth-order valence-corrected chi connectivity index (χ4v) is 5.68. The van der Waals surface area contributed by atoms with E-state index in [4.69, 9.17) is 4.74 Å². The molecule has 2 N–H and O–H groups in total. The first-order valence-electron chi connectivity index (χ1n) is 14.0. The van der Waals surface area contributed by atoms with Gasteiger partial charge in [-0.05, 0) is 39.1 Å². The van der Waals surface area contributed by atoms with Gasteiger partial charge < -0.3 is 10.1 Å². The predicted octanol–water partition coefficient (Wildman–Crippen LogP) is 6.54. The highest BCUT2D eigenvalue weighted by Gasteiger charge is 2.30. The molecule has 1 aliphatic carbocycles. The minimum absolute atomic E-state index is 0.102. The van der Waals surface area contributed by atoms with Gasteiger partial charge in [0.1, 0.15) is 12.6 Å². The van der Waals surface area contributed by atoms with Crippen molar-refractivity contribution in [2.45, 2.75) is 31.8 Å². The number of nitrogens with zero attached hydrogens (tertiary/aromatic N) is 1. The molecule has 0 aliphatic heterocycles. The van der Waals surface area contributed by atoms with Crippen LogP contribution in [0.5, 0.6) is 0 Å². The largest absolute Gasteiger partial charge is 0.449 e. The van der Waals surface area contributed by atoms with Crippen LogP contribution in [-0.4, -0.2) is 40.7 Å². The molecule has 0 heterocycles. The van der Waals surface area contributed by atoms with Crippen LogP contribution in [0.2, 0.25) is 0 Å². The molecule has 8 heteroatoms. The summed E-state index contributed by atoms with van der Waals surface area (Å²) in [7, 11) is 0. The van der Waals surface area contributed by atoms with Crippen molar-refractivity contribution in [2.24, 2.45) is 0 Å². The first-order valence-corrected chi connectivity index (χ1v) is 15.0. The third kappa shape index (κ3) is 7.01. The number of hydrazine groups is 1. The fraction of sp³-hybridized carbons (Fsp3) is 0.206. The molecule has 5 rings (SSSR count). The van der Waals surface area contributed by atoms with Gasteiger partial charge in [-0.3, -0.25) is 15.0 Å². The van der Waals surface area contributed by atoms with E-state index < -0.39 is 18.0 Å². The molecule has 0 saturated heterocycles. The van der Waals surface area contributed by atoms with Crippen LogP contribution in [-0.2, 0) is 22.5 Å². The molecule has 1 aliphatic rings. The number of amides is 3. The van der Waals surface area contributed by atoms with Gasteiger partial charge in [-0.1, -0.05) is 128 Å². The van der Waals surface area contributed by atoms with E-state index in [0.29, 0.717) is 5.75 Å². The molecule has 0 bridgehead atoms. The molecular weight excluding hydrogens is 546 g/mol. The Hall–Kier alpha value is -4.56. The number of benzene rings is 4. The second-order valence-corrected chi connectivity index (χ2v) is 11.2. The molecule has 0 radical (unpaired) electrons. The number of nitrogens with one attached hydrogen (secondary N) is 2. The Morgan fingerprint density at radius 2 is 1.33 bits per heavy atom. The average Bonchev–Trinajstić information content (AvgIpc) is 3.34. The van der Waals surface area contributed by atoms with Gasteiger partial charge in [-0.15, -0.1) is 0 Å². The molecule has 42 heavy (non-hydrogen) atoms. The van der Waals surface area contributed by atoms with Crippen molar-refractivity contribution in [1.29, 1.82) is 0 Å². The van der Waals surface area contributed by atoms with Crippen molar-refractivity contribution in [1.82, 2.24) is 15.8 Å². The Morgan fingerprint density at radius 1 is 0.786 bits per heavy atom. The van der Waals surface area contributed by atoms with Crippen molar-refractivity contribution in [2.75, 3.05) is 12.4 Å². The van der Waals surface area contributed by atoms with E-state index in [1.807, 2.05) is 91.9 Å². The molecule has 1 atom stereocenters. The quantitative estimate of drug-likeness (QED) is 0.220. The fourth-order valence-electron chi connectivity index (χ4n) is 5.17. The number of hydrogen-bond acceptors (Lipinski definition) is 5. The van der Waals surface area contributed by atoms with Crippen LogP contribution in [0.4, 0.5) is 9.59 Å². The van der Waals surface area contributed by atoms with Gasteiger partial charge in [-0.2, -0.15) is 0 Å². The summed E-state index contributed by atoms with van der Waals surface area (Å²) in [6.45, 7) is 2.20. The molecule has 4 aromatic carbocycles. The third-order valence-corrected chi connectivity index (χ3v) is 7.91. The molecule has 7 nitrogen and oxygen atoms in total. The van der Waals surface area contributed by atoms with Gasteiger partial charge >= 0.3 is 6.09 Å². The lowest BCUT2D eigenvalue weighted by Crippen LogP contribution is -2.54. The molecule has 0 unspecified atom stereocenters. The molecule has 0 fully saturated rings. The van der Waals surface area contributed by atoms with Gasteiger partial charge in [0.25, 0.3) is 11.1 Å². The zero-order valence-electron chi connectivity index (χ0n) is 23.4. The number of alkyl carbamates (subject to hydrolysis) is 1. The summed E-state index contributed by atoms with van der Waals surface area (Å²) in [4.78, 5) is 39.6. The minimum atomic E-state index is -0.972. The minimum Gasteiger partial charge on any atom is -0.449 e. The number of thioether (sulfide) groups is 1. The first-order chi connectivity index (χ1) is 20.5. The molecule has 0 saturated carbocycles. The number of carbonyl (C=O) groups excluding carboxylic acids is 3. The molecular formula is C34H33N3O4S. The lowest BCUT2D eigenvalue weighted by Gasteiger charge is -2.26. The summed E-state index contributed by atoms with van der Waals surface area (Å²) in [5, 5.41) is 3.77. The Bertz CT molecular complexity index is 1480. The second-order valence-electron chi connectivity index (χ2n) is 9.96. The standard InChI is InChI=1S/C34H33N3O4S/c1-2-42-34(40)37(22-25-15-7-4-8-16-25)36-32(38)31(21-24-13-5-3-6-14-24)35-33(39)41-23-30-28-19-11-9-17-26(28)27-18-10-12-20-29(27)30/h3-20,30-31H,2,21-23H2,1H3,(H,35,39)(H,36,38)/t31-/m0/s1. The van der Waals surface area contributed by atoms with Gasteiger partial charge in [0.15, 0.2) is 0 Å². The lowest BCUT2D eigenvalue weighted by molar-refractivity contribution is -0.126. The van der Waals surface area contributed by atoms with Gasteiger partial charge in [0.2, 0.25) is 0 Å². The monoisotopic (exact) mass is 579 g/mol. The van der Waals surface area contributed by atoms with Crippen molar-refractivity contribution in [3.8, 4) is 11.1 Å². The van der Waals surface area contributed by atoms with Gasteiger partial charge in [-0.25, -0.2) is 9.80 Å². The molecule has 0 aromatic heterocycles. The number of hydrogen-bond donors (Lipinski definition) is 2. The van der Waals surface area contributed by atoms with E-state index in [-0.39, 0.29) is 30.7 Å². The summed E-state index contributed by atoms with van der Waals surface area (Å²) < 4.78 is 5.73. The molecule has 4 aromatic rings. The summed E-state index contributed by atoms with van der Waals surface area (Å²) in [6.07, 6.45) is -0.470. The van der Waals surface area contributed by atoms with Crippen molar-refractivity contribution in [3.63, 3.8) is 0 Å². The van der Waals surface area contributed by atoms with Crippen LogP contribution >= 0.6 is 11.8 Å². The van der Waals surface area contributed by atoms with E-state index >= 15 is 0 Å². The molecule has 0 spiro atoms. The topological polar surface area (TPSA) is 87.7 Å². The number of rotatable bonds is 9. The van der Waals surface area contributed by atoms with Crippen LogP contribution in [0, 0.1) is 0 Å². The smallest absolute Gasteiger partial charge is 0.407 e. The van der Waals surface area contributed by atoms with E-state index in [1.165, 1.54) is 5.01 Å². The highest BCUT2D eigenvalue weighted by Crippen LogP contribution is 2.44. The summed E-state index contributed by atoms with van der Waals surface area (Å²) in [6, 6.07) is 34.1. The maximum absolute atomic E-state index is 13.6. The van der Waals surface area contributed by atoms with Crippen molar-refractivity contribution < 1.29 is 19.1 Å². The van der Waals surface area contributed by atoms with Crippen LogP contribution in [0.3, 0.4) is 0 Å². The van der Waals surface area contributed by atoms with Crippen LogP contribution in [0.1, 0.15) is 35.1 Å². The highest BCUT2D eigenvalue weighted by atomic mass is 32.2. The SMILES string of the molecule is CCSC(=O)N(Cc1ccccc1)NC(=O)[C@H](Cc1ccccc1)NC(=O)OCC1c2ccccc2-c2ccccc21. The predicted molar refractivity (Wildman–Crippen MR) is 166 cm³/mol. The van der Waals surface area contributed by atoms with Gasteiger partial charge in [0.05, 0.1) is 6.54 Å². The first kappa shape index (κ1) is 29.0. The summed E-state index contributed by atoms with van der Waals surface area (Å²) >= 11 is 1.10. The van der Waals surface area contributed by atoms with Crippen LogP contribution < -0.4 is 10.7 Å². The zero-order chi connectivity index (χ0) is 29.3. The third-order valence-electron chi connectivity index (χ3n) is 7.15. The van der Waals surface area contributed by atoms with E-state index in [9.17, 15) is 14.4 Å². The van der Waals surface area contributed by atoms with Crippen molar-refractivity contribution in [3.05, 3.63) is 131 Å². The number of fused-ring (bicyclic) bond motifs is 3. The molecule has 3 amide bonds. The van der Waals surface area contributed by atoms with E-state index in [2.05, 4.69) is 35.0 Å². The number of ether oxygens (including phenoxy) is 1. The Kier molecular flexibility index (Phi) is 9.56. The normalized spacial score (nSPS) is 12.5. The lowest BCUT2D eigenvalue weighted by atomic mass is 9.98. The Labute approximate surface area is 250 Å². The number of carbonyl (C=O) groups is 3. The maximum Gasteiger partial charge on any atom is 0.407 e. The van der Waals surface area contributed by atoms with E-state index in [0.717, 1.165) is 45.1 Å². The van der Waals surface area contributed by atoms with Crippen LogP contribution in [0.15, 0.2) is 109 Å². The average molecular weight is 580 g/mol. The van der Waals surface area contributed by atoms with Crippen molar-refractivity contribution >= 4 is 29.0 Å². The zero-order valence-corrected chi connectivity index (χ0v) is 24.2. The second kappa shape index (κ2) is 13.9. The summed E-state index contributed by atoms with van der Waals surface area (Å²) in [5.41, 5.74) is 8.96.